The van der Waals surface area contributed by atoms with Crippen molar-refractivity contribution in [3.8, 4) is 11.3 Å². The Kier molecular flexibility index (Phi) is 6.16. The predicted molar refractivity (Wildman–Crippen MR) is 146 cm³/mol. The Bertz CT molecular complexity index is 1460. The lowest BCUT2D eigenvalue weighted by molar-refractivity contribution is 0.0943. The van der Waals surface area contributed by atoms with Gasteiger partial charge in [0.1, 0.15) is 11.6 Å². The molecule has 8 nitrogen and oxygen atoms in total. The Morgan fingerprint density at radius 3 is 2.62 bits per heavy atom. The number of anilines is 3. The Morgan fingerprint density at radius 1 is 1.00 bits per heavy atom. The maximum Gasteiger partial charge on any atom is 0.251 e. The fourth-order valence-corrected chi connectivity index (χ4v) is 4.78. The van der Waals surface area contributed by atoms with Gasteiger partial charge in [0.05, 0.1) is 11.2 Å². The van der Waals surface area contributed by atoms with Crippen LogP contribution in [0.1, 0.15) is 61.6 Å². The van der Waals surface area contributed by atoms with Crippen LogP contribution in [-0.4, -0.2) is 45.0 Å². The second-order valence-corrected chi connectivity index (χ2v) is 10.2. The molecule has 0 spiro atoms. The third kappa shape index (κ3) is 5.09. The largest absolute Gasteiger partial charge is 0.356 e. The standard InChI is InChI=1S/C29H31N7O/c1-18(2)31-28(37)21-6-5-7-22(16-21)32-29-30-13-12-24(34-29)20-10-11-25-23(17-20)27(36-14-3-4-15-36)35-26(33-25)19-8-9-19/h5-7,10-13,16-19H,3-4,8-9,14-15H2,1-2H3,(H,31,37)(H,30,32,34). The summed E-state index contributed by atoms with van der Waals surface area (Å²) >= 11 is 0. The van der Waals surface area contributed by atoms with Crippen LogP contribution in [0.3, 0.4) is 0 Å². The fraction of sp³-hybridized carbons (Fsp3) is 0.345. The van der Waals surface area contributed by atoms with Crippen LogP contribution in [-0.2, 0) is 0 Å². The summed E-state index contributed by atoms with van der Waals surface area (Å²) in [5.74, 6) is 2.91. The number of carbonyl (C=O) groups is 1. The van der Waals surface area contributed by atoms with E-state index >= 15 is 0 Å². The first-order valence-corrected chi connectivity index (χ1v) is 13.1. The van der Waals surface area contributed by atoms with Crippen LogP contribution < -0.4 is 15.5 Å². The Morgan fingerprint density at radius 2 is 1.84 bits per heavy atom. The molecule has 1 aliphatic heterocycles. The average Bonchev–Trinajstić information content (AvgIpc) is 3.61. The molecule has 2 N–H and O–H groups in total. The van der Waals surface area contributed by atoms with E-state index in [1.807, 2.05) is 32.0 Å². The zero-order valence-electron chi connectivity index (χ0n) is 21.2. The SMILES string of the molecule is CC(C)NC(=O)c1cccc(Nc2nccc(-c3ccc4nc(C5CC5)nc(N5CCCC5)c4c3)n2)c1. The third-order valence-corrected chi connectivity index (χ3v) is 6.79. The van der Waals surface area contributed by atoms with Gasteiger partial charge in [0.15, 0.2) is 0 Å². The number of benzene rings is 2. The van der Waals surface area contributed by atoms with Crippen molar-refractivity contribution in [3.63, 3.8) is 0 Å². The molecule has 188 valence electrons. The van der Waals surface area contributed by atoms with Crippen molar-refractivity contribution in [2.24, 2.45) is 0 Å². The molecule has 4 aromatic rings. The maximum atomic E-state index is 12.4. The van der Waals surface area contributed by atoms with E-state index in [1.165, 1.54) is 25.7 Å². The summed E-state index contributed by atoms with van der Waals surface area (Å²) in [6.07, 6.45) is 6.52. The average molecular weight is 494 g/mol. The van der Waals surface area contributed by atoms with Gasteiger partial charge in [0.2, 0.25) is 5.95 Å². The van der Waals surface area contributed by atoms with Gasteiger partial charge in [-0.1, -0.05) is 12.1 Å². The Hall–Kier alpha value is -4.07. The normalized spacial score (nSPS) is 15.4. The van der Waals surface area contributed by atoms with Crippen LogP contribution in [0.25, 0.3) is 22.2 Å². The van der Waals surface area contributed by atoms with Crippen LogP contribution >= 0.6 is 0 Å². The summed E-state index contributed by atoms with van der Waals surface area (Å²) in [4.78, 5) is 33.9. The highest BCUT2D eigenvalue weighted by Gasteiger charge is 2.29. The summed E-state index contributed by atoms with van der Waals surface area (Å²) in [6, 6.07) is 15.6. The minimum atomic E-state index is -0.106. The smallest absolute Gasteiger partial charge is 0.251 e. The molecule has 0 bridgehead atoms. The predicted octanol–water partition coefficient (Wildman–Crippen LogP) is 5.45. The van der Waals surface area contributed by atoms with Gasteiger partial charge in [-0.2, -0.15) is 0 Å². The zero-order chi connectivity index (χ0) is 25.4. The highest BCUT2D eigenvalue weighted by molar-refractivity contribution is 5.95. The summed E-state index contributed by atoms with van der Waals surface area (Å²) in [6.45, 7) is 5.96. The number of aromatic nitrogens is 4. The number of hydrogen-bond donors (Lipinski definition) is 2. The van der Waals surface area contributed by atoms with E-state index in [1.54, 1.807) is 18.3 Å². The fourth-order valence-electron chi connectivity index (χ4n) is 4.78. The number of carbonyl (C=O) groups excluding carboxylic acids is 1. The third-order valence-electron chi connectivity index (χ3n) is 6.79. The quantitative estimate of drug-likeness (QED) is 0.354. The van der Waals surface area contributed by atoms with Gasteiger partial charge in [-0.3, -0.25) is 4.79 Å². The topological polar surface area (TPSA) is 95.9 Å². The molecule has 2 aromatic heterocycles. The second-order valence-electron chi connectivity index (χ2n) is 10.2. The molecule has 1 amide bonds. The molecule has 2 aliphatic rings. The first kappa shape index (κ1) is 23.3. The number of nitrogens with one attached hydrogen (secondary N) is 2. The Balaban J connectivity index is 1.30. The maximum absolute atomic E-state index is 12.4. The minimum Gasteiger partial charge on any atom is -0.356 e. The molecular formula is C29H31N7O. The van der Waals surface area contributed by atoms with Gasteiger partial charge in [0, 0.05) is 53.4 Å². The molecule has 1 saturated heterocycles. The molecule has 3 heterocycles. The molecule has 1 aliphatic carbocycles. The van der Waals surface area contributed by atoms with E-state index in [0.29, 0.717) is 17.4 Å². The summed E-state index contributed by atoms with van der Waals surface area (Å²) in [5.41, 5.74) is 4.14. The van der Waals surface area contributed by atoms with Crippen molar-refractivity contribution < 1.29 is 4.79 Å². The molecule has 0 radical (unpaired) electrons. The van der Waals surface area contributed by atoms with E-state index in [9.17, 15) is 4.79 Å². The monoisotopic (exact) mass is 493 g/mol. The molecule has 0 unspecified atom stereocenters. The molecule has 2 aromatic carbocycles. The number of rotatable bonds is 7. The second kappa shape index (κ2) is 9.76. The minimum absolute atomic E-state index is 0.0720. The van der Waals surface area contributed by atoms with Crippen molar-refractivity contribution in [1.82, 2.24) is 25.3 Å². The summed E-state index contributed by atoms with van der Waals surface area (Å²) < 4.78 is 0. The highest BCUT2D eigenvalue weighted by Crippen LogP contribution is 2.40. The summed E-state index contributed by atoms with van der Waals surface area (Å²) in [7, 11) is 0. The van der Waals surface area contributed by atoms with Crippen molar-refractivity contribution in [2.75, 3.05) is 23.3 Å². The zero-order valence-corrected chi connectivity index (χ0v) is 21.2. The van der Waals surface area contributed by atoms with E-state index < -0.39 is 0 Å². The van der Waals surface area contributed by atoms with E-state index in [4.69, 9.17) is 15.0 Å². The van der Waals surface area contributed by atoms with Gasteiger partial charge < -0.3 is 15.5 Å². The van der Waals surface area contributed by atoms with Gasteiger partial charge >= 0.3 is 0 Å². The van der Waals surface area contributed by atoms with Crippen LogP contribution in [0, 0.1) is 0 Å². The van der Waals surface area contributed by atoms with Crippen LogP contribution in [0.4, 0.5) is 17.5 Å². The van der Waals surface area contributed by atoms with Gasteiger partial charge in [0.25, 0.3) is 5.91 Å². The lowest BCUT2D eigenvalue weighted by atomic mass is 10.1. The Labute approximate surface area is 216 Å². The highest BCUT2D eigenvalue weighted by atomic mass is 16.1. The molecule has 1 saturated carbocycles. The van der Waals surface area contributed by atoms with Crippen molar-refractivity contribution in [2.45, 2.75) is 51.5 Å². The van der Waals surface area contributed by atoms with E-state index in [-0.39, 0.29) is 11.9 Å². The molecule has 8 heteroatoms. The first-order chi connectivity index (χ1) is 18.0. The van der Waals surface area contributed by atoms with Crippen molar-refractivity contribution >= 4 is 34.3 Å². The molecular weight excluding hydrogens is 462 g/mol. The molecule has 6 rings (SSSR count). The first-order valence-electron chi connectivity index (χ1n) is 13.1. The van der Waals surface area contributed by atoms with E-state index in [0.717, 1.165) is 52.6 Å². The van der Waals surface area contributed by atoms with Crippen LogP contribution in [0.5, 0.6) is 0 Å². The number of nitrogens with zero attached hydrogens (tertiary/aromatic N) is 5. The molecule has 37 heavy (non-hydrogen) atoms. The molecule has 2 fully saturated rings. The summed E-state index contributed by atoms with van der Waals surface area (Å²) in [5, 5.41) is 7.24. The van der Waals surface area contributed by atoms with Crippen molar-refractivity contribution in [3.05, 3.63) is 66.1 Å². The lowest BCUT2D eigenvalue weighted by Crippen LogP contribution is -2.30. The van der Waals surface area contributed by atoms with Gasteiger partial charge in [-0.15, -0.1) is 0 Å². The van der Waals surface area contributed by atoms with Gasteiger partial charge in [-0.05, 0) is 75.9 Å². The van der Waals surface area contributed by atoms with Crippen LogP contribution in [0.2, 0.25) is 0 Å². The van der Waals surface area contributed by atoms with E-state index in [2.05, 4.69) is 38.7 Å². The lowest BCUT2D eigenvalue weighted by Gasteiger charge is -2.19. The number of fused-ring (bicyclic) bond motifs is 1. The van der Waals surface area contributed by atoms with Gasteiger partial charge in [-0.25, -0.2) is 19.9 Å². The molecule has 0 atom stereocenters. The van der Waals surface area contributed by atoms with Crippen molar-refractivity contribution in [1.29, 1.82) is 0 Å². The number of amides is 1. The van der Waals surface area contributed by atoms with Crippen LogP contribution in [0.15, 0.2) is 54.7 Å². The number of hydrogen-bond acceptors (Lipinski definition) is 7.